The largest absolute Gasteiger partial charge is 0.320 e. The molecule has 0 bridgehead atoms. The van der Waals surface area contributed by atoms with Crippen LogP contribution in [0.15, 0.2) is 10.2 Å². The van der Waals surface area contributed by atoms with Crippen LogP contribution >= 0.6 is 11.3 Å². The highest BCUT2D eigenvalue weighted by Crippen LogP contribution is 2.28. The molecule has 1 amide bonds. The summed E-state index contributed by atoms with van der Waals surface area (Å²) in [6, 6.07) is 0. The van der Waals surface area contributed by atoms with E-state index in [4.69, 9.17) is 0 Å². The lowest BCUT2D eigenvalue weighted by Crippen LogP contribution is -2.25. The molecule has 0 atom stereocenters. The highest BCUT2D eigenvalue weighted by molar-refractivity contribution is 7.15. The zero-order chi connectivity index (χ0) is 16.4. The standard InChI is InChI=1S/C17H23N3O2S/c1-3-13-10-23-17-18-11(2)15(16(22)20(13)17)19-14(21)9-8-12-6-4-5-7-12/h10,12H,3-9H2,1-2H3,(H,19,21). The Kier molecular flexibility index (Phi) is 4.80. The molecule has 1 fully saturated rings. The third-order valence-electron chi connectivity index (χ3n) is 4.70. The van der Waals surface area contributed by atoms with Gasteiger partial charge in [0, 0.05) is 17.5 Å². The molecule has 2 aromatic rings. The molecule has 23 heavy (non-hydrogen) atoms. The van der Waals surface area contributed by atoms with Crippen LogP contribution in [0.4, 0.5) is 5.69 Å². The highest BCUT2D eigenvalue weighted by atomic mass is 32.1. The lowest BCUT2D eigenvalue weighted by molar-refractivity contribution is -0.116. The molecule has 6 heteroatoms. The van der Waals surface area contributed by atoms with Gasteiger partial charge >= 0.3 is 0 Å². The van der Waals surface area contributed by atoms with Crippen molar-refractivity contribution in [3.05, 3.63) is 27.1 Å². The molecular formula is C17H23N3O2S. The summed E-state index contributed by atoms with van der Waals surface area (Å²) in [7, 11) is 0. The normalized spacial score (nSPS) is 15.4. The quantitative estimate of drug-likeness (QED) is 0.910. The SMILES string of the molecule is CCc1csc2nc(C)c(NC(=O)CCC3CCCC3)c(=O)n12. The molecule has 124 valence electrons. The van der Waals surface area contributed by atoms with Gasteiger partial charge in [0.05, 0.1) is 5.69 Å². The first-order valence-corrected chi connectivity index (χ1v) is 9.27. The molecule has 2 aromatic heterocycles. The van der Waals surface area contributed by atoms with Crippen LogP contribution in [-0.4, -0.2) is 15.3 Å². The van der Waals surface area contributed by atoms with Crippen LogP contribution in [0.1, 0.15) is 56.8 Å². The Balaban J connectivity index is 1.78. The number of anilines is 1. The van der Waals surface area contributed by atoms with Gasteiger partial charge < -0.3 is 5.32 Å². The molecule has 1 N–H and O–H groups in total. The van der Waals surface area contributed by atoms with Crippen LogP contribution in [0.5, 0.6) is 0 Å². The molecule has 2 heterocycles. The summed E-state index contributed by atoms with van der Waals surface area (Å²) in [5.74, 6) is 0.597. The zero-order valence-electron chi connectivity index (χ0n) is 13.7. The summed E-state index contributed by atoms with van der Waals surface area (Å²) >= 11 is 1.46. The van der Waals surface area contributed by atoms with Gasteiger partial charge in [0.1, 0.15) is 5.69 Å². The van der Waals surface area contributed by atoms with Crippen molar-refractivity contribution >= 4 is 27.9 Å². The maximum atomic E-state index is 12.7. The molecule has 0 radical (unpaired) electrons. The van der Waals surface area contributed by atoms with E-state index in [0.717, 1.165) is 18.5 Å². The monoisotopic (exact) mass is 333 g/mol. The third-order valence-corrected chi connectivity index (χ3v) is 5.58. The fraction of sp³-hybridized carbons (Fsp3) is 0.588. The minimum Gasteiger partial charge on any atom is -0.320 e. The van der Waals surface area contributed by atoms with Gasteiger partial charge in [-0.25, -0.2) is 4.98 Å². The van der Waals surface area contributed by atoms with E-state index in [2.05, 4.69) is 10.3 Å². The van der Waals surface area contributed by atoms with Crippen LogP contribution in [0, 0.1) is 12.8 Å². The van der Waals surface area contributed by atoms with Gasteiger partial charge in [0.2, 0.25) is 5.91 Å². The number of nitrogens with zero attached hydrogens (tertiary/aromatic N) is 2. The molecule has 1 aliphatic carbocycles. The van der Waals surface area contributed by atoms with Crippen molar-refractivity contribution in [3.63, 3.8) is 0 Å². The molecule has 0 spiro atoms. The number of aromatic nitrogens is 2. The highest BCUT2D eigenvalue weighted by Gasteiger charge is 2.18. The van der Waals surface area contributed by atoms with E-state index >= 15 is 0 Å². The first-order chi connectivity index (χ1) is 11.1. The van der Waals surface area contributed by atoms with Gasteiger partial charge in [-0.05, 0) is 25.7 Å². The fourth-order valence-corrected chi connectivity index (χ4v) is 4.34. The van der Waals surface area contributed by atoms with Crippen molar-refractivity contribution in [2.75, 3.05) is 5.32 Å². The Hall–Kier alpha value is -1.69. The zero-order valence-corrected chi connectivity index (χ0v) is 14.5. The summed E-state index contributed by atoms with van der Waals surface area (Å²) in [6.45, 7) is 3.78. The Morgan fingerprint density at radius 1 is 1.43 bits per heavy atom. The molecule has 5 nitrogen and oxygen atoms in total. The van der Waals surface area contributed by atoms with Gasteiger partial charge in [0.15, 0.2) is 4.96 Å². The predicted molar refractivity (Wildman–Crippen MR) is 93.3 cm³/mol. The van der Waals surface area contributed by atoms with E-state index in [0.29, 0.717) is 28.7 Å². The fourth-order valence-electron chi connectivity index (χ4n) is 3.33. The number of carbonyl (C=O) groups excluding carboxylic acids is 1. The number of hydrogen-bond donors (Lipinski definition) is 1. The number of hydrogen-bond acceptors (Lipinski definition) is 4. The molecule has 0 aromatic carbocycles. The Bertz CT molecular complexity index is 772. The van der Waals surface area contributed by atoms with Gasteiger partial charge in [-0.1, -0.05) is 32.6 Å². The molecule has 0 saturated heterocycles. The van der Waals surface area contributed by atoms with Gasteiger partial charge in [-0.15, -0.1) is 11.3 Å². The van der Waals surface area contributed by atoms with Crippen molar-refractivity contribution in [1.82, 2.24) is 9.38 Å². The minimum absolute atomic E-state index is 0.0767. The number of fused-ring (bicyclic) bond motifs is 1. The van der Waals surface area contributed by atoms with E-state index in [9.17, 15) is 9.59 Å². The van der Waals surface area contributed by atoms with Crippen molar-refractivity contribution in [1.29, 1.82) is 0 Å². The molecule has 3 rings (SSSR count). The molecule has 1 aliphatic rings. The topological polar surface area (TPSA) is 63.5 Å². The third kappa shape index (κ3) is 3.32. The van der Waals surface area contributed by atoms with E-state index < -0.39 is 0 Å². The first-order valence-electron chi connectivity index (χ1n) is 8.39. The van der Waals surface area contributed by atoms with Crippen molar-refractivity contribution < 1.29 is 4.79 Å². The van der Waals surface area contributed by atoms with Gasteiger partial charge in [0.25, 0.3) is 5.56 Å². The molecule has 0 aliphatic heterocycles. The Labute approximate surface area is 139 Å². The summed E-state index contributed by atoms with van der Waals surface area (Å²) in [5, 5.41) is 4.76. The van der Waals surface area contributed by atoms with E-state index in [1.165, 1.54) is 37.0 Å². The molecule has 0 unspecified atom stereocenters. The maximum Gasteiger partial charge on any atom is 0.282 e. The van der Waals surface area contributed by atoms with Crippen molar-refractivity contribution in [3.8, 4) is 0 Å². The molecule has 1 saturated carbocycles. The van der Waals surface area contributed by atoms with Crippen LogP contribution in [0.25, 0.3) is 4.96 Å². The summed E-state index contributed by atoms with van der Waals surface area (Å²) in [4.78, 5) is 30.1. The van der Waals surface area contributed by atoms with Gasteiger partial charge in [-0.3, -0.25) is 14.0 Å². The summed E-state index contributed by atoms with van der Waals surface area (Å²) in [6.07, 6.45) is 7.20. The maximum absolute atomic E-state index is 12.7. The Morgan fingerprint density at radius 3 is 2.87 bits per heavy atom. The number of nitrogens with one attached hydrogen (secondary N) is 1. The van der Waals surface area contributed by atoms with E-state index in [1.807, 2.05) is 12.3 Å². The van der Waals surface area contributed by atoms with Crippen molar-refractivity contribution in [2.45, 2.75) is 58.8 Å². The van der Waals surface area contributed by atoms with Crippen LogP contribution in [-0.2, 0) is 11.2 Å². The lowest BCUT2D eigenvalue weighted by atomic mass is 10.0. The second kappa shape index (κ2) is 6.83. The van der Waals surface area contributed by atoms with E-state index in [-0.39, 0.29) is 11.5 Å². The average molecular weight is 333 g/mol. The summed E-state index contributed by atoms with van der Waals surface area (Å²) < 4.78 is 1.62. The predicted octanol–water partition coefficient (Wildman–Crippen LogP) is 3.54. The van der Waals surface area contributed by atoms with Crippen LogP contribution in [0.3, 0.4) is 0 Å². The van der Waals surface area contributed by atoms with Crippen LogP contribution < -0.4 is 10.9 Å². The lowest BCUT2D eigenvalue weighted by Gasteiger charge is -2.10. The average Bonchev–Trinajstić information content (AvgIpc) is 3.18. The number of aryl methyl sites for hydroxylation is 2. The number of thiazole rings is 1. The number of amides is 1. The summed E-state index contributed by atoms with van der Waals surface area (Å²) in [5.41, 5.74) is 1.68. The minimum atomic E-state index is -0.167. The number of carbonyl (C=O) groups is 1. The first kappa shape index (κ1) is 16.2. The molecular weight excluding hydrogens is 310 g/mol. The number of rotatable bonds is 5. The Morgan fingerprint density at radius 2 is 2.17 bits per heavy atom. The van der Waals surface area contributed by atoms with Crippen molar-refractivity contribution in [2.24, 2.45) is 5.92 Å². The van der Waals surface area contributed by atoms with Crippen LogP contribution in [0.2, 0.25) is 0 Å². The second-order valence-corrected chi connectivity index (χ2v) is 7.15. The van der Waals surface area contributed by atoms with Gasteiger partial charge in [-0.2, -0.15) is 0 Å². The second-order valence-electron chi connectivity index (χ2n) is 6.31. The smallest absolute Gasteiger partial charge is 0.282 e. The van der Waals surface area contributed by atoms with E-state index in [1.54, 1.807) is 11.3 Å².